The number of hydrogen-bond acceptors (Lipinski definition) is 2. The summed E-state index contributed by atoms with van der Waals surface area (Å²) >= 11 is 3.33. The van der Waals surface area contributed by atoms with Crippen molar-refractivity contribution in [1.82, 2.24) is 0 Å². The molecule has 0 radical (unpaired) electrons. The molecule has 1 N–H and O–H groups in total. The van der Waals surface area contributed by atoms with E-state index in [0.29, 0.717) is 11.6 Å². The molecule has 0 unspecified atom stereocenters. The summed E-state index contributed by atoms with van der Waals surface area (Å²) in [6, 6.07) is 5.80. The smallest absolute Gasteiger partial charge is 0.337 e. The fourth-order valence-electron chi connectivity index (χ4n) is 2.10. The molecule has 0 aliphatic heterocycles. The minimum Gasteiger partial charge on any atom is -0.478 e. The van der Waals surface area contributed by atoms with Crippen molar-refractivity contribution in [3.05, 3.63) is 28.2 Å². The first-order valence-electron chi connectivity index (χ1n) is 6.28. The second kappa shape index (κ2) is 5.31. The van der Waals surface area contributed by atoms with Gasteiger partial charge in [-0.1, -0.05) is 15.9 Å². The van der Waals surface area contributed by atoms with Crippen LogP contribution in [0.5, 0.6) is 0 Å². The maximum absolute atomic E-state index is 11.4. The molecule has 0 spiro atoms. The number of halogens is 1. The fourth-order valence-corrected chi connectivity index (χ4v) is 2.46. The first-order chi connectivity index (χ1) is 8.49. The molecule has 0 atom stereocenters. The molecule has 1 aliphatic rings. The number of nitrogens with zero attached hydrogens (tertiary/aromatic N) is 1. The summed E-state index contributed by atoms with van der Waals surface area (Å²) in [5.74, 6) is -0.134. The highest BCUT2D eigenvalue weighted by atomic mass is 79.9. The van der Waals surface area contributed by atoms with Crippen LogP contribution in [-0.4, -0.2) is 23.7 Å². The molecule has 98 valence electrons. The Morgan fingerprint density at radius 2 is 2.17 bits per heavy atom. The van der Waals surface area contributed by atoms with Gasteiger partial charge in [0.2, 0.25) is 0 Å². The molecule has 1 aromatic rings. The van der Waals surface area contributed by atoms with Crippen molar-refractivity contribution < 1.29 is 9.90 Å². The summed E-state index contributed by atoms with van der Waals surface area (Å²) in [7, 11) is 0. The van der Waals surface area contributed by atoms with Crippen molar-refractivity contribution in [3.63, 3.8) is 0 Å². The number of rotatable bonds is 5. The van der Waals surface area contributed by atoms with Crippen LogP contribution in [0.25, 0.3) is 0 Å². The Morgan fingerprint density at radius 3 is 2.67 bits per heavy atom. The third kappa shape index (κ3) is 3.05. The number of carbonyl (C=O) groups is 1. The second-order valence-electron chi connectivity index (χ2n) is 5.16. The Bertz CT molecular complexity index is 455. The Kier molecular flexibility index (Phi) is 3.95. The summed E-state index contributed by atoms with van der Waals surface area (Å²) in [6.07, 6.45) is 2.53. The highest BCUT2D eigenvalue weighted by Crippen LogP contribution is 2.34. The minimum absolute atomic E-state index is 0.310. The van der Waals surface area contributed by atoms with E-state index in [1.54, 1.807) is 6.07 Å². The standard InChI is InChI=1S/C14H18BrNO2/c1-9(2)16(8-10-3-4-10)13-6-5-11(15)7-12(13)14(17)18/h5-7,9-10H,3-4,8H2,1-2H3,(H,17,18). The summed E-state index contributed by atoms with van der Waals surface area (Å²) in [5, 5.41) is 9.32. The molecule has 0 aromatic heterocycles. The number of carboxylic acid groups (broad SMARTS) is 1. The van der Waals surface area contributed by atoms with Gasteiger partial charge in [-0.3, -0.25) is 0 Å². The van der Waals surface area contributed by atoms with E-state index in [0.717, 1.165) is 22.6 Å². The zero-order valence-electron chi connectivity index (χ0n) is 10.7. The molecule has 1 aromatic carbocycles. The van der Waals surface area contributed by atoms with Gasteiger partial charge in [-0.25, -0.2) is 4.79 Å². The molecule has 0 saturated heterocycles. The fraction of sp³-hybridized carbons (Fsp3) is 0.500. The van der Waals surface area contributed by atoms with Crippen molar-refractivity contribution in [2.75, 3.05) is 11.4 Å². The SMILES string of the molecule is CC(C)N(CC1CC1)c1ccc(Br)cc1C(=O)O. The molecule has 2 rings (SSSR count). The van der Waals surface area contributed by atoms with Crippen LogP contribution in [0.3, 0.4) is 0 Å². The summed E-state index contributed by atoms with van der Waals surface area (Å²) in [6.45, 7) is 5.17. The number of aromatic carboxylic acids is 1. The maximum Gasteiger partial charge on any atom is 0.337 e. The van der Waals surface area contributed by atoms with E-state index in [2.05, 4.69) is 34.7 Å². The van der Waals surface area contributed by atoms with Gasteiger partial charge in [0.25, 0.3) is 0 Å². The molecule has 0 amide bonds. The lowest BCUT2D eigenvalue weighted by molar-refractivity contribution is 0.0697. The lowest BCUT2D eigenvalue weighted by atomic mass is 10.1. The average molecular weight is 312 g/mol. The quantitative estimate of drug-likeness (QED) is 0.899. The molecule has 0 heterocycles. The van der Waals surface area contributed by atoms with Crippen molar-refractivity contribution in [2.45, 2.75) is 32.7 Å². The van der Waals surface area contributed by atoms with E-state index < -0.39 is 5.97 Å². The van der Waals surface area contributed by atoms with Crippen LogP contribution in [0.1, 0.15) is 37.0 Å². The summed E-state index contributed by atoms with van der Waals surface area (Å²) in [5.41, 5.74) is 1.20. The highest BCUT2D eigenvalue weighted by molar-refractivity contribution is 9.10. The second-order valence-corrected chi connectivity index (χ2v) is 6.07. The largest absolute Gasteiger partial charge is 0.478 e. The van der Waals surface area contributed by atoms with Crippen LogP contribution in [0.4, 0.5) is 5.69 Å². The van der Waals surface area contributed by atoms with Crippen LogP contribution >= 0.6 is 15.9 Å². The van der Waals surface area contributed by atoms with E-state index in [9.17, 15) is 9.90 Å². The van der Waals surface area contributed by atoms with Gasteiger partial charge in [0.05, 0.1) is 11.3 Å². The summed E-state index contributed by atoms with van der Waals surface area (Å²) in [4.78, 5) is 13.6. The normalized spacial score (nSPS) is 14.9. The molecule has 4 heteroatoms. The van der Waals surface area contributed by atoms with Gasteiger partial charge in [-0.15, -0.1) is 0 Å². The van der Waals surface area contributed by atoms with E-state index >= 15 is 0 Å². The third-order valence-electron chi connectivity index (χ3n) is 3.27. The molecule has 1 fully saturated rings. The van der Waals surface area contributed by atoms with Gasteiger partial charge >= 0.3 is 5.97 Å². The van der Waals surface area contributed by atoms with Crippen LogP contribution in [0, 0.1) is 5.92 Å². The van der Waals surface area contributed by atoms with Crippen molar-refractivity contribution in [1.29, 1.82) is 0 Å². The number of benzene rings is 1. The van der Waals surface area contributed by atoms with Crippen LogP contribution < -0.4 is 4.90 Å². The number of hydrogen-bond donors (Lipinski definition) is 1. The van der Waals surface area contributed by atoms with Crippen LogP contribution in [-0.2, 0) is 0 Å². The van der Waals surface area contributed by atoms with Gasteiger partial charge in [-0.2, -0.15) is 0 Å². The van der Waals surface area contributed by atoms with Gasteiger partial charge in [0.1, 0.15) is 0 Å². The zero-order valence-corrected chi connectivity index (χ0v) is 12.3. The van der Waals surface area contributed by atoms with Gasteiger partial charge in [0, 0.05) is 17.1 Å². The lowest BCUT2D eigenvalue weighted by Crippen LogP contribution is -2.34. The first kappa shape index (κ1) is 13.4. The Morgan fingerprint density at radius 1 is 1.50 bits per heavy atom. The molecule has 1 aliphatic carbocycles. The third-order valence-corrected chi connectivity index (χ3v) is 3.77. The Balaban J connectivity index is 2.35. The molecule has 1 saturated carbocycles. The minimum atomic E-state index is -0.868. The molecule has 3 nitrogen and oxygen atoms in total. The predicted octanol–water partition coefficient (Wildman–Crippen LogP) is 3.77. The van der Waals surface area contributed by atoms with Crippen molar-refractivity contribution in [3.8, 4) is 0 Å². The number of carboxylic acids is 1. The van der Waals surface area contributed by atoms with E-state index in [1.165, 1.54) is 12.8 Å². The predicted molar refractivity (Wildman–Crippen MR) is 76.3 cm³/mol. The van der Waals surface area contributed by atoms with E-state index in [-0.39, 0.29) is 0 Å². The number of anilines is 1. The maximum atomic E-state index is 11.4. The topological polar surface area (TPSA) is 40.5 Å². The van der Waals surface area contributed by atoms with Crippen LogP contribution in [0.15, 0.2) is 22.7 Å². The molecular formula is C14H18BrNO2. The van der Waals surface area contributed by atoms with E-state index in [4.69, 9.17) is 0 Å². The Hall–Kier alpha value is -1.03. The lowest BCUT2D eigenvalue weighted by Gasteiger charge is -2.30. The van der Waals surface area contributed by atoms with Gasteiger partial charge < -0.3 is 10.0 Å². The molecule has 18 heavy (non-hydrogen) atoms. The molecule has 0 bridgehead atoms. The monoisotopic (exact) mass is 311 g/mol. The van der Waals surface area contributed by atoms with Crippen molar-refractivity contribution in [2.24, 2.45) is 5.92 Å². The van der Waals surface area contributed by atoms with Crippen LogP contribution in [0.2, 0.25) is 0 Å². The van der Waals surface area contributed by atoms with Gasteiger partial charge in [-0.05, 0) is 50.8 Å². The van der Waals surface area contributed by atoms with E-state index in [1.807, 2.05) is 12.1 Å². The highest BCUT2D eigenvalue weighted by Gasteiger charge is 2.27. The summed E-state index contributed by atoms with van der Waals surface area (Å²) < 4.78 is 0.804. The molecular weight excluding hydrogens is 294 g/mol. The average Bonchev–Trinajstić information content (AvgIpc) is 3.09. The van der Waals surface area contributed by atoms with Gasteiger partial charge in [0.15, 0.2) is 0 Å². The van der Waals surface area contributed by atoms with Crippen molar-refractivity contribution >= 4 is 27.6 Å². The Labute approximate surface area is 116 Å². The first-order valence-corrected chi connectivity index (χ1v) is 7.08. The zero-order chi connectivity index (χ0) is 13.3.